The highest BCUT2D eigenvalue weighted by molar-refractivity contribution is 4.76. The van der Waals surface area contributed by atoms with Gasteiger partial charge in [0, 0.05) is 85.1 Å². The minimum atomic E-state index is 0.418. The average Bonchev–Trinajstić information content (AvgIpc) is 3.18. The van der Waals surface area contributed by atoms with Crippen molar-refractivity contribution in [3.8, 4) is 0 Å². The van der Waals surface area contributed by atoms with Gasteiger partial charge in [-0.3, -0.25) is 0 Å². The summed E-state index contributed by atoms with van der Waals surface area (Å²) in [5, 5.41) is 0. The average molecular weight is 797 g/mol. The lowest BCUT2D eigenvalue weighted by Gasteiger charge is -2.36. The number of hydrogen-bond acceptors (Lipinski definition) is 8. The topological polar surface area (TPSA) is 25.9 Å². The number of piperidine rings is 1. The van der Waals surface area contributed by atoms with Crippen LogP contribution in [-0.2, 0) is 0 Å². The lowest BCUT2D eigenvalue weighted by molar-refractivity contribution is 0.117. The number of hydrogen-bond donors (Lipinski definition) is 0. The smallest absolute Gasteiger partial charge is 0.0110 e. The molecule has 0 unspecified atom stereocenters. The molecular formula is C48H108N8. The molecule has 0 bridgehead atoms. The Morgan fingerprint density at radius 2 is 0.679 bits per heavy atom. The van der Waals surface area contributed by atoms with Crippen LogP contribution in [0.25, 0.3) is 0 Å². The minimum Gasteiger partial charge on any atom is -0.309 e. The SMILES string of the molecule is CC(C)(C)CN1CCCCC1.CN(C)CC(C)(C)C.CN(C)CCN(C)CC(C)(C)C.CN1CCCN(CC(C)(C)C)CC1.CN1CCN(CC(C)(C)C)CC1. The highest BCUT2D eigenvalue weighted by Gasteiger charge is 2.21. The van der Waals surface area contributed by atoms with E-state index in [2.05, 4.69) is 192 Å². The summed E-state index contributed by atoms with van der Waals surface area (Å²) in [5.74, 6) is 0. The van der Waals surface area contributed by atoms with E-state index in [9.17, 15) is 0 Å². The second kappa shape index (κ2) is 28.3. The second-order valence-electron chi connectivity index (χ2n) is 24.4. The van der Waals surface area contributed by atoms with Crippen molar-refractivity contribution in [3.05, 3.63) is 0 Å². The van der Waals surface area contributed by atoms with E-state index in [0.29, 0.717) is 27.1 Å². The predicted molar refractivity (Wildman–Crippen MR) is 255 cm³/mol. The van der Waals surface area contributed by atoms with E-state index in [4.69, 9.17) is 0 Å². The molecule has 0 atom stereocenters. The first kappa shape index (κ1) is 57.8. The van der Waals surface area contributed by atoms with Crippen LogP contribution in [0.4, 0.5) is 0 Å². The zero-order valence-electron chi connectivity index (χ0n) is 42.9. The summed E-state index contributed by atoms with van der Waals surface area (Å²) in [6.07, 6.45) is 5.60. The van der Waals surface area contributed by atoms with Crippen LogP contribution >= 0.6 is 0 Å². The third-order valence-corrected chi connectivity index (χ3v) is 9.41. The maximum atomic E-state index is 2.60. The van der Waals surface area contributed by atoms with Crippen LogP contribution in [0.15, 0.2) is 0 Å². The molecule has 3 saturated heterocycles. The molecule has 340 valence electrons. The number of nitrogens with zero attached hydrogens (tertiary/aromatic N) is 8. The number of likely N-dealkylation sites (N-methyl/N-ethyl adjacent to an activating group) is 4. The normalized spacial score (nSPS) is 19.2. The largest absolute Gasteiger partial charge is 0.309 e. The van der Waals surface area contributed by atoms with Crippen LogP contribution in [0.2, 0.25) is 0 Å². The quantitative estimate of drug-likeness (QED) is 0.241. The summed E-state index contributed by atoms with van der Waals surface area (Å²) < 4.78 is 0. The van der Waals surface area contributed by atoms with Gasteiger partial charge < -0.3 is 39.2 Å². The molecule has 3 rings (SSSR count). The minimum absolute atomic E-state index is 0.418. The van der Waals surface area contributed by atoms with Crippen molar-refractivity contribution in [3.63, 3.8) is 0 Å². The molecule has 3 aliphatic heterocycles. The van der Waals surface area contributed by atoms with Crippen molar-refractivity contribution in [2.75, 3.05) is 161 Å². The van der Waals surface area contributed by atoms with Crippen LogP contribution in [0.3, 0.4) is 0 Å². The molecular weight excluding hydrogens is 689 g/mol. The van der Waals surface area contributed by atoms with E-state index in [1.807, 2.05) is 0 Å². The Morgan fingerprint density at radius 1 is 0.339 bits per heavy atom. The van der Waals surface area contributed by atoms with Gasteiger partial charge in [0.05, 0.1) is 0 Å². The first-order valence-electron chi connectivity index (χ1n) is 22.8. The van der Waals surface area contributed by atoms with Gasteiger partial charge in [-0.1, -0.05) is 110 Å². The van der Waals surface area contributed by atoms with Gasteiger partial charge in [-0.2, -0.15) is 0 Å². The van der Waals surface area contributed by atoms with Gasteiger partial charge in [0.15, 0.2) is 0 Å². The molecule has 56 heavy (non-hydrogen) atoms. The molecule has 0 aromatic rings. The van der Waals surface area contributed by atoms with E-state index >= 15 is 0 Å². The number of piperazine rings is 1. The number of likely N-dealkylation sites (tertiary alicyclic amines) is 1. The van der Waals surface area contributed by atoms with Crippen LogP contribution in [0.5, 0.6) is 0 Å². The summed E-state index contributed by atoms with van der Waals surface area (Å²) in [6, 6.07) is 0. The molecule has 0 amide bonds. The van der Waals surface area contributed by atoms with Gasteiger partial charge in [-0.05, 0) is 122 Å². The Balaban J connectivity index is 0. The standard InChI is InChI=1S/C11H24N2.C10H22N2.C10H24N2.C10H21N.C7H17N/c1-11(2,3)10-13-7-5-6-12(4)8-9-13;1-10(2,3)9-12-7-5-11(4)6-8-12;1-10(2,3)9-12(6)8-7-11(4)5;1-10(2,3)9-11-7-5-4-6-8-11;1-7(2,3)6-8(4)5/h5-10H2,1-4H3;5-9H2,1-4H3;7-9H2,1-6H3;4-9H2,1-3H3;6H2,1-5H3. The van der Waals surface area contributed by atoms with E-state index < -0.39 is 0 Å². The fraction of sp³-hybridized carbons (Fsp3) is 1.00. The summed E-state index contributed by atoms with van der Waals surface area (Å²) in [6.45, 7) is 55.4. The maximum absolute atomic E-state index is 2.60. The molecule has 3 aliphatic rings. The molecule has 0 aliphatic carbocycles. The Kier molecular flexibility index (Phi) is 29.1. The van der Waals surface area contributed by atoms with Crippen LogP contribution in [0, 0.1) is 27.1 Å². The highest BCUT2D eigenvalue weighted by atomic mass is 15.2. The zero-order chi connectivity index (χ0) is 44.0. The zero-order valence-corrected chi connectivity index (χ0v) is 42.9. The van der Waals surface area contributed by atoms with E-state index in [-0.39, 0.29) is 0 Å². The highest BCUT2D eigenvalue weighted by Crippen LogP contribution is 2.19. The van der Waals surface area contributed by atoms with Crippen LogP contribution < -0.4 is 0 Å². The Bertz CT molecular complexity index is 902. The summed E-state index contributed by atoms with van der Waals surface area (Å²) in [5.41, 5.74) is 2.25. The van der Waals surface area contributed by atoms with Gasteiger partial charge >= 0.3 is 0 Å². The van der Waals surface area contributed by atoms with Gasteiger partial charge in [-0.25, -0.2) is 0 Å². The molecule has 0 N–H and O–H groups in total. The maximum Gasteiger partial charge on any atom is 0.0110 e. The van der Waals surface area contributed by atoms with Crippen LogP contribution in [0.1, 0.15) is 130 Å². The van der Waals surface area contributed by atoms with Crippen molar-refractivity contribution >= 4 is 0 Å². The van der Waals surface area contributed by atoms with E-state index in [0.717, 1.165) is 19.6 Å². The summed E-state index contributed by atoms with van der Waals surface area (Å²) >= 11 is 0. The molecule has 0 radical (unpaired) electrons. The third-order valence-electron chi connectivity index (χ3n) is 9.41. The first-order chi connectivity index (χ1) is 25.2. The monoisotopic (exact) mass is 797 g/mol. The van der Waals surface area contributed by atoms with Crippen molar-refractivity contribution in [2.24, 2.45) is 27.1 Å². The van der Waals surface area contributed by atoms with E-state index in [1.54, 1.807) is 0 Å². The van der Waals surface area contributed by atoms with Crippen molar-refractivity contribution < 1.29 is 0 Å². The molecule has 0 spiro atoms. The first-order valence-corrected chi connectivity index (χ1v) is 22.8. The Labute approximate surface area is 355 Å². The van der Waals surface area contributed by atoms with Gasteiger partial charge in [0.1, 0.15) is 0 Å². The van der Waals surface area contributed by atoms with Gasteiger partial charge in [-0.15, -0.1) is 0 Å². The second-order valence-corrected chi connectivity index (χ2v) is 24.4. The fourth-order valence-electron chi connectivity index (χ4n) is 7.60. The number of rotatable bonds is 8. The lowest BCUT2D eigenvalue weighted by atomic mass is 9.95. The van der Waals surface area contributed by atoms with Gasteiger partial charge in [0.2, 0.25) is 0 Å². The molecule has 3 heterocycles. The molecule has 8 nitrogen and oxygen atoms in total. The molecule has 0 aromatic heterocycles. The Hall–Kier alpha value is -0.320. The van der Waals surface area contributed by atoms with Crippen molar-refractivity contribution in [2.45, 2.75) is 130 Å². The molecule has 0 saturated carbocycles. The molecule has 8 heteroatoms. The molecule has 3 fully saturated rings. The summed E-state index contributed by atoms with van der Waals surface area (Å²) in [7, 11) is 15.1. The predicted octanol–water partition coefficient (Wildman–Crippen LogP) is 8.59. The fourth-order valence-corrected chi connectivity index (χ4v) is 7.60. The van der Waals surface area contributed by atoms with Crippen molar-refractivity contribution in [1.82, 2.24) is 39.2 Å². The third kappa shape index (κ3) is 43.3. The van der Waals surface area contributed by atoms with Crippen LogP contribution in [-0.4, -0.2) is 200 Å². The Morgan fingerprint density at radius 3 is 1.00 bits per heavy atom. The van der Waals surface area contributed by atoms with Gasteiger partial charge in [0.25, 0.3) is 0 Å². The lowest BCUT2D eigenvalue weighted by Crippen LogP contribution is -2.47. The summed E-state index contributed by atoms with van der Waals surface area (Å²) in [4.78, 5) is 19.4. The van der Waals surface area contributed by atoms with Crippen molar-refractivity contribution in [1.29, 1.82) is 0 Å². The van der Waals surface area contributed by atoms with E-state index in [1.165, 1.54) is 117 Å². The molecule has 0 aromatic carbocycles.